The van der Waals surface area contributed by atoms with Crippen LogP contribution in [0.5, 0.6) is 0 Å². The largest absolute Gasteiger partial charge is 0.478 e. The summed E-state index contributed by atoms with van der Waals surface area (Å²) in [6.45, 7) is 0. The van der Waals surface area contributed by atoms with Crippen LogP contribution in [0.3, 0.4) is 0 Å². The number of carboxylic acids is 1. The van der Waals surface area contributed by atoms with Gasteiger partial charge in [-0.3, -0.25) is 9.78 Å². The van der Waals surface area contributed by atoms with Gasteiger partial charge in [-0.2, -0.15) is 0 Å². The van der Waals surface area contributed by atoms with Crippen molar-refractivity contribution in [2.75, 3.05) is 5.32 Å². The van der Waals surface area contributed by atoms with Crippen LogP contribution in [0.2, 0.25) is 0 Å². The first-order chi connectivity index (χ1) is 8.58. The number of nitrogens with zero attached hydrogens (tertiary/aromatic N) is 1. The number of hydrogen-bond donors (Lipinski definition) is 2. The summed E-state index contributed by atoms with van der Waals surface area (Å²) < 4.78 is 0.988. The van der Waals surface area contributed by atoms with Crippen LogP contribution in [0, 0.1) is 2.88 Å². The number of amides is 1. The van der Waals surface area contributed by atoms with Gasteiger partial charge in [0.15, 0.2) is 0 Å². The van der Waals surface area contributed by atoms with Crippen molar-refractivity contribution in [3.05, 3.63) is 43.9 Å². The van der Waals surface area contributed by atoms with Crippen LogP contribution >= 0.6 is 33.9 Å². The van der Waals surface area contributed by atoms with E-state index in [9.17, 15) is 9.59 Å². The predicted molar refractivity (Wildman–Crippen MR) is 76.2 cm³/mol. The van der Waals surface area contributed by atoms with Gasteiger partial charge >= 0.3 is 5.97 Å². The van der Waals surface area contributed by atoms with Gasteiger partial charge in [0.25, 0.3) is 5.91 Å². The highest BCUT2D eigenvalue weighted by Gasteiger charge is 2.14. The van der Waals surface area contributed by atoms with Crippen LogP contribution in [-0.4, -0.2) is 22.0 Å². The Bertz CT molecular complexity index is 612. The van der Waals surface area contributed by atoms with E-state index in [0.29, 0.717) is 5.56 Å². The number of nitrogens with one attached hydrogen (secondary N) is 1. The molecule has 2 N–H and O–H groups in total. The molecule has 0 bridgehead atoms. The molecule has 1 amide bonds. The van der Waals surface area contributed by atoms with E-state index in [4.69, 9.17) is 5.11 Å². The number of anilines is 1. The molecular formula is C11H7IN2O3S. The molecule has 0 aromatic carbocycles. The average Bonchev–Trinajstić information content (AvgIpc) is 2.76. The molecular weight excluding hydrogens is 367 g/mol. The summed E-state index contributed by atoms with van der Waals surface area (Å²) in [6, 6.07) is 3.08. The monoisotopic (exact) mass is 374 g/mol. The summed E-state index contributed by atoms with van der Waals surface area (Å²) in [5.74, 6) is -1.45. The zero-order valence-electron chi connectivity index (χ0n) is 8.88. The molecule has 0 saturated heterocycles. The van der Waals surface area contributed by atoms with Gasteiger partial charge in [0.2, 0.25) is 0 Å². The molecule has 2 aromatic rings. The lowest BCUT2D eigenvalue weighted by atomic mass is 10.2. The molecule has 2 rings (SSSR count). The zero-order chi connectivity index (χ0) is 13.1. The minimum absolute atomic E-state index is 0.0169. The molecule has 2 heterocycles. The van der Waals surface area contributed by atoms with Crippen LogP contribution in [0.25, 0.3) is 0 Å². The van der Waals surface area contributed by atoms with E-state index in [0.717, 1.165) is 2.88 Å². The van der Waals surface area contributed by atoms with Crippen LogP contribution in [-0.2, 0) is 0 Å². The van der Waals surface area contributed by atoms with Gasteiger partial charge < -0.3 is 10.4 Å². The number of aromatic nitrogens is 1. The first kappa shape index (κ1) is 13.0. The Kier molecular flexibility index (Phi) is 3.92. The van der Waals surface area contributed by atoms with Gasteiger partial charge in [-0.1, -0.05) is 0 Å². The summed E-state index contributed by atoms with van der Waals surface area (Å²) in [6.07, 6.45) is 2.69. The van der Waals surface area contributed by atoms with Gasteiger partial charge in [0.1, 0.15) is 0 Å². The van der Waals surface area contributed by atoms with E-state index in [1.165, 1.54) is 29.8 Å². The summed E-state index contributed by atoms with van der Waals surface area (Å²) >= 11 is 3.56. The van der Waals surface area contributed by atoms with Crippen molar-refractivity contribution < 1.29 is 14.7 Å². The van der Waals surface area contributed by atoms with Crippen molar-refractivity contribution in [2.45, 2.75) is 0 Å². The van der Waals surface area contributed by atoms with Crippen molar-refractivity contribution in [2.24, 2.45) is 0 Å². The summed E-state index contributed by atoms with van der Waals surface area (Å²) in [5.41, 5.74) is 0.712. The van der Waals surface area contributed by atoms with Crippen molar-refractivity contribution in [3.8, 4) is 0 Å². The molecule has 0 radical (unpaired) electrons. The maximum absolute atomic E-state index is 11.9. The second-order valence-corrected chi connectivity index (χ2v) is 6.13. The molecule has 0 saturated carbocycles. The van der Waals surface area contributed by atoms with E-state index >= 15 is 0 Å². The lowest BCUT2D eigenvalue weighted by molar-refractivity contribution is 0.0698. The Morgan fingerprint density at radius 1 is 1.44 bits per heavy atom. The summed E-state index contributed by atoms with van der Waals surface area (Å²) in [5, 5.41) is 13.2. The second-order valence-electron chi connectivity index (χ2n) is 3.32. The highest BCUT2D eigenvalue weighted by atomic mass is 127. The minimum Gasteiger partial charge on any atom is -0.478 e. The smallest absolute Gasteiger partial charge is 0.337 e. The number of pyridine rings is 1. The van der Waals surface area contributed by atoms with Gasteiger partial charge in [0.05, 0.1) is 25.9 Å². The normalized spacial score (nSPS) is 10.1. The van der Waals surface area contributed by atoms with E-state index in [2.05, 4.69) is 32.9 Å². The number of thiophene rings is 1. The number of carbonyl (C=O) groups is 2. The van der Waals surface area contributed by atoms with Gasteiger partial charge in [0, 0.05) is 11.6 Å². The van der Waals surface area contributed by atoms with Gasteiger partial charge in [-0.25, -0.2) is 4.79 Å². The van der Waals surface area contributed by atoms with Crippen molar-refractivity contribution in [3.63, 3.8) is 0 Å². The fourth-order valence-corrected chi connectivity index (χ4v) is 2.63. The first-order valence-electron chi connectivity index (χ1n) is 4.80. The SMILES string of the molecule is O=C(Nc1cnccc1C(=O)O)c1csc(I)c1. The highest BCUT2D eigenvalue weighted by molar-refractivity contribution is 14.1. The topological polar surface area (TPSA) is 79.3 Å². The maximum Gasteiger partial charge on any atom is 0.337 e. The summed E-state index contributed by atoms with van der Waals surface area (Å²) in [7, 11) is 0. The van der Waals surface area contributed by atoms with E-state index < -0.39 is 5.97 Å². The predicted octanol–water partition coefficient (Wildman–Crippen LogP) is 2.70. The van der Waals surface area contributed by atoms with Gasteiger partial charge in [-0.15, -0.1) is 11.3 Å². The molecule has 0 aliphatic carbocycles. The standard InChI is InChI=1S/C11H7IN2O3S/c12-9-3-6(5-18-9)10(15)14-8-4-13-2-1-7(8)11(16)17/h1-5H,(H,14,15)(H,16,17). The van der Waals surface area contributed by atoms with Crippen molar-refractivity contribution in [1.82, 2.24) is 4.98 Å². The Labute approximate surface area is 120 Å². The Balaban J connectivity index is 2.24. The number of rotatable bonds is 3. The molecule has 0 fully saturated rings. The zero-order valence-corrected chi connectivity index (χ0v) is 11.9. The lowest BCUT2D eigenvalue weighted by Gasteiger charge is -2.06. The van der Waals surface area contributed by atoms with Crippen LogP contribution < -0.4 is 5.32 Å². The molecule has 0 unspecified atom stereocenters. The van der Waals surface area contributed by atoms with Crippen LogP contribution in [0.4, 0.5) is 5.69 Å². The average molecular weight is 374 g/mol. The molecule has 0 aliphatic heterocycles. The highest BCUT2D eigenvalue weighted by Crippen LogP contribution is 2.19. The van der Waals surface area contributed by atoms with Crippen LogP contribution in [0.1, 0.15) is 20.7 Å². The Morgan fingerprint density at radius 2 is 2.22 bits per heavy atom. The second kappa shape index (κ2) is 5.44. The Morgan fingerprint density at radius 3 is 2.83 bits per heavy atom. The van der Waals surface area contributed by atoms with E-state index in [1.807, 2.05) is 0 Å². The molecule has 0 aliphatic rings. The molecule has 5 nitrogen and oxygen atoms in total. The molecule has 18 heavy (non-hydrogen) atoms. The fourth-order valence-electron chi connectivity index (χ4n) is 1.30. The lowest BCUT2D eigenvalue weighted by Crippen LogP contribution is -2.14. The summed E-state index contributed by atoms with van der Waals surface area (Å²) in [4.78, 5) is 26.6. The third-order valence-electron chi connectivity index (χ3n) is 2.13. The van der Waals surface area contributed by atoms with E-state index in [-0.39, 0.29) is 17.2 Å². The number of carbonyl (C=O) groups excluding carboxylic acids is 1. The first-order valence-corrected chi connectivity index (χ1v) is 6.76. The molecule has 92 valence electrons. The fraction of sp³-hybridized carbons (Fsp3) is 0. The van der Waals surface area contributed by atoms with E-state index in [1.54, 1.807) is 11.4 Å². The number of aromatic carboxylic acids is 1. The molecule has 2 aromatic heterocycles. The maximum atomic E-state index is 11.9. The molecule has 0 spiro atoms. The van der Waals surface area contributed by atoms with Crippen molar-refractivity contribution in [1.29, 1.82) is 0 Å². The quantitative estimate of drug-likeness (QED) is 0.810. The minimum atomic E-state index is -1.10. The van der Waals surface area contributed by atoms with Crippen LogP contribution in [0.15, 0.2) is 29.9 Å². The molecule has 7 heteroatoms. The number of halogens is 1. The number of carboxylic acid groups (broad SMARTS) is 1. The van der Waals surface area contributed by atoms with Gasteiger partial charge in [-0.05, 0) is 34.7 Å². The van der Waals surface area contributed by atoms with Crippen molar-refractivity contribution >= 4 is 51.5 Å². The Hall–Kier alpha value is -1.48. The third kappa shape index (κ3) is 2.85. The number of hydrogen-bond acceptors (Lipinski definition) is 4. The molecule has 0 atom stereocenters. The third-order valence-corrected chi connectivity index (χ3v) is 3.92.